The van der Waals surface area contributed by atoms with Gasteiger partial charge in [-0.2, -0.15) is 0 Å². The number of nitrogens with two attached hydrogens (primary N) is 1. The normalized spacial score (nSPS) is 12.8. The molecule has 3 aromatic rings. The second kappa shape index (κ2) is 8.41. The summed E-state index contributed by atoms with van der Waals surface area (Å²) in [5.41, 5.74) is 11.4. The van der Waals surface area contributed by atoms with Gasteiger partial charge in [-0.25, -0.2) is 4.98 Å². The number of aromatic nitrogens is 2. The van der Waals surface area contributed by atoms with Gasteiger partial charge in [-0.1, -0.05) is 60.7 Å². The molecule has 0 radical (unpaired) electrons. The van der Waals surface area contributed by atoms with Crippen molar-refractivity contribution in [3.8, 4) is 0 Å². The van der Waals surface area contributed by atoms with E-state index in [0.717, 1.165) is 16.8 Å². The lowest BCUT2D eigenvalue weighted by molar-refractivity contribution is -0.119. The third-order valence-electron chi connectivity index (χ3n) is 4.43. The van der Waals surface area contributed by atoms with Crippen molar-refractivity contribution >= 4 is 11.4 Å². The third-order valence-corrected chi connectivity index (χ3v) is 4.43. The van der Waals surface area contributed by atoms with Gasteiger partial charge in [0.2, 0.25) is 0 Å². The number of imidazole rings is 1. The molecule has 3 rings (SSSR count). The maximum atomic E-state index is 12.4. The van der Waals surface area contributed by atoms with E-state index >= 15 is 0 Å². The van der Waals surface area contributed by atoms with Crippen molar-refractivity contribution in [3.05, 3.63) is 95.6 Å². The number of nitrogens with zero attached hydrogens (tertiary/aromatic N) is 1. The Bertz CT molecular complexity index is 866. The van der Waals surface area contributed by atoms with Gasteiger partial charge in [0.05, 0.1) is 12.4 Å². The van der Waals surface area contributed by atoms with Crippen LogP contribution in [0.25, 0.3) is 5.57 Å². The van der Waals surface area contributed by atoms with Crippen LogP contribution in [0.3, 0.4) is 0 Å². The van der Waals surface area contributed by atoms with E-state index in [1.54, 1.807) is 12.5 Å². The number of allylic oxidation sites excluding steroid dienone is 1. The summed E-state index contributed by atoms with van der Waals surface area (Å²) >= 11 is 0. The fourth-order valence-electron chi connectivity index (χ4n) is 3.00. The van der Waals surface area contributed by atoms with E-state index in [9.17, 15) is 4.79 Å². The molecule has 4 nitrogen and oxygen atoms in total. The number of Topliss-reactive ketones (excluding diaryl/α,β-unsaturated/α-hetero) is 1. The van der Waals surface area contributed by atoms with Gasteiger partial charge in [-0.05, 0) is 29.2 Å². The molecule has 0 aliphatic carbocycles. The zero-order chi connectivity index (χ0) is 18.4. The second-order valence-corrected chi connectivity index (χ2v) is 6.30. The van der Waals surface area contributed by atoms with E-state index in [1.807, 2.05) is 37.3 Å². The fraction of sp³-hybridized carbons (Fsp3) is 0.182. The van der Waals surface area contributed by atoms with Gasteiger partial charge in [0.25, 0.3) is 0 Å². The maximum absolute atomic E-state index is 12.4. The Morgan fingerprint density at radius 3 is 2.42 bits per heavy atom. The molecule has 4 heteroatoms. The average molecular weight is 345 g/mol. The Morgan fingerprint density at radius 2 is 1.81 bits per heavy atom. The van der Waals surface area contributed by atoms with Crippen molar-refractivity contribution in [3.63, 3.8) is 0 Å². The van der Waals surface area contributed by atoms with Crippen LogP contribution >= 0.6 is 0 Å². The smallest absolute Gasteiger partial charge is 0.154 e. The molecule has 0 spiro atoms. The standard InChI is InChI=1S/C22H23N3O/c1-2-20(17-6-4-3-5-7-17)18-10-8-16(9-11-18)12-22(26)21(23)13-19-14-24-15-25-19/h2-11,14-15,21H,12-13,23H2,1H3,(H,24,25)/t21-/m0/s1. The van der Waals surface area contributed by atoms with E-state index in [-0.39, 0.29) is 5.78 Å². The predicted octanol–water partition coefficient (Wildman–Crippen LogP) is 3.54. The number of rotatable bonds is 7. The molecule has 0 amide bonds. The number of ketones is 1. The number of carbonyl (C=O) groups excluding carboxylic acids is 1. The highest BCUT2D eigenvalue weighted by Crippen LogP contribution is 2.23. The Balaban J connectivity index is 1.66. The lowest BCUT2D eigenvalue weighted by Gasteiger charge is -2.11. The summed E-state index contributed by atoms with van der Waals surface area (Å²) in [4.78, 5) is 19.3. The number of H-pyrrole nitrogens is 1. The van der Waals surface area contributed by atoms with Crippen molar-refractivity contribution in [1.29, 1.82) is 0 Å². The van der Waals surface area contributed by atoms with Crippen LogP contribution in [0, 0.1) is 0 Å². The summed E-state index contributed by atoms with van der Waals surface area (Å²) in [6.45, 7) is 2.04. The topological polar surface area (TPSA) is 71.8 Å². The van der Waals surface area contributed by atoms with Crippen molar-refractivity contribution in [1.82, 2.24) is 9.97 Å². The van der Waals surface area contributed by atoms with Crippen LogP contribution in [-0.4, -0.2) is 21.8 Å². The first-order valence-electron chi connectivity index (χ1n) is 8.74. The fourth-order valence-corrected chi connectivity index (χ4v) is 3.00. The molecular formula is C22H23N3O. The summed E-state index contributed by atoms with van der Waals surface area (Å²) in [7, 11) is 0. The number of aromatic amines is 1. The zero-order valence-electron chi connectivity index (χ0n) is 14.9. The average Bonchev–Trinajstić information content (AvgIpc) is 3.17. The van der Waals surface area contributed by atoms with Gasteiger partial charge in [-0.15, -0.1) is 0 Å². The molecule has 1 heterocycles. The molecule has 0 unspecified atom stereocenters. The van der Waals surface area contributed by atoms with Crippen LogP contribution < -0.4 is 5.73 Å². The summed E-state index contributed by atoms with van der Waals surface area (Å²) in [5, 5.41) is 0. The number of carbonyl (C=O) groups is 1. The van der Waals surface area contributed by atoms with Gasteiger partial charge in [0, 0.05) is 24.7 Å². The molecule has 2 aromatic carbocycles. The maximum Gasteiger partial charge on any atom is 0.154 e. The van der Waals surface area contributed by atoms with Crippen LogP contribution in [0.1, 0.15) is 29.3 Å². The van der Waals surface area contributed by atoms with Crippen LogP contribution in [0.15, 0.2) is 73.2 Å². The van der Waals surface area contributed by atoms with Crippen LogP contribution in [0.5, 0.6) is 0 Å². The SMILES string of the molecule is CC=C(c1ccccc1)c1ccc(CC(=O)[C@@H](N)Cc2cnc[nH]2)cc1. The minimum absolute atomic E-state index is 0.0293. The molecule has 26 heavy (non-hydrogen) atoms. The monoisotopic (exact) mass is 345 g/mol. The molecule has 0 bridgehead atoms. The molecule has 0 aliphatic heterocycles. The van der Waals surface area contributed by atoms with Crippen LogP contribution in [0.4, 0.5) is 0 Å². The van der Waals surface area contributed by atoms with Gasteiger partial charge >= 0.3 is 0 Å². The van der Waals surface area contributed by atoms with Crippen molar-refractivity contribution in [2.24, 2.45) is 5.73 Å². The van der Waals surface area contributed by atoms with E-state index in [4.69, 9.17) is 5.73 Å². The predicted molar refractivity (Wildman–Crippen MR) is 105 cm³/mol. The lowest BCUT2D eigenvalue weighted by Crippen LogP contribution is -2.34. The van der Waals surface area contributed by atoms with Crippen molar-refractivity contribution in [2.45, 2.75) is 25.8 Å². The quantitative estimate of drug-likeness (QED) is 0.688. The van der Waals surface area contributed by atoms with Crippen LogP contribution in [0.2, 0.25) is 0 Å². The third kappa shape index (κ3) is 4.35. The molecule has 132 valence electrons. The van der Waals surface area contributed by atoms with E-state index < -0.39 is 6.04 Å². The van der Waals surface area contributed by atoms with Crippen molar-refractivity contribution < 1.29 is 4.79 Å². The van der Waals surface area contributed by atoms with E-state index in [1.165, 1.54) is 11.1 Å². The Hall–Kier alpha value is -2.98. The van der Waals surface area contributed by atoms with Gasteiger partial charge < -0.3 is 10.7 Å². The Labute approximate surface area is 153 Å². The molecule has 0 saturated carbocycles. The minimum Gasteiger partial charge on any atom is -0.348 e. The zero-order valence-corrected chi connectivity index (χ0v) is 14.9. The largest absolute Gasteiger partial charge is 0.348 e. The number of hydrogen-bond donors (Lipinski definition) is 2. The second-order valence-electron chi connectivity index (χ2n) is 6.30. The number of benzene rings is 2. The molecule has 1 aromatic heterocycles. The number of hydrogen-bond acceptors (Lipinski definition) is 3. The highest BCUT2D eigenvalue weighted by molar-refractivity contribution is 5.86. The molecule has 0 fully saturated rings. The van der Waals surface area contributed by atoms with Gasteiger partial charge in [0.1, 0.15) is 0 Å². The highest BCUT2D eigenvalue weighted by atomic mass is 16.1. The van der Waals surface area contributed by atoms with Gasteiger partial charge in [0.15, 0.2) is 5.78 Å². The number of nitrogens with one attached hydrogen (secondary N) is 1. The first-order chi connectivity index (χ1) is 12.7. The minimum atomic E-state index is -0.523. The molecule has 0 aliphatic rings. The molecule has 1 atom stereocenters. The summed E-state index contributed by atoms with van der Waals surface area (Å²) in [6.07, 6.45) is 6.22. The van der Waals surface area contributed by atoms with Gasteiger partial charge in [-0.3, -0.25) is 4.79 Å². The van der Waals surface area contributed by atoms with Crippen LogP contribution in [-0.2, 0) is 17.6 Å². The van der Waals surface area contributed by atoms with E-state index in [0.29, 0.717) is 12.8 Å². The lowest BCUT2D eigenvalue weighted by atomic mass is 9.95. The summed E-state index contributed by atoms with van der Waals surface area (Å²) in [5.74, 6) is 0.0293. The molecular weight excluding hydrogens is 322 g/mol. The molecule has 3 N–H and O–H groups in total. The highest BCUT2D eigenvalue weighted by Gasteiger charge is 2.15. The first kappa shape index (κ1) is 17.8. The summed E-state index contributed by atoms with van der Waals surface area (Å²) < 4.78 is 0. The Kier molecular flexibility index (Phi) is 5.77. The van der Waals surface area contributed by atoms with E-state index in [2.05, 4.69) is 40.3 Å². The summed E-state index contributed by atoms with van der Waals surface area (Å²) in [6, 6.07) is 17.9. The Morgan fingerprint density at radius 1 is 1.12 bits per heavy atom. The van der Waals surface area contributed by atoms with Crippen molar-refractivity contribution in [2.75, 3.05) is 0 Å². The first-order valence-corrected chi connectivity index (χ1v) is 8.74. The molecule has 0 saturated heterocycles.